The zero-order valence-corrected chi connectivity index (χ0v) is 9.12. The molecule has 0 amide bonds. The fourth-order valence-electron chi connectivity index (χ4n) is 1.21. The molecule has 0 bridgehead atoms. The average Bonchev–Trinajstić information content (AvgIpc) is 2.44. The Labute approximate surface area is 88.6 Å². The summed E-state index contributed by atoms with van der Waals surface area (Å²) in [5.41, 5.74) is 0.253. The highest BCUT2D eigenvalue weighted by atomic mass is 16.6. The Hall–Kier alpha value is -1.58. The minimum Gasteiger partial charge on any atom is -0.483 e. The number of ether oxygens (including phenoxy) is 2. The molecule has 1 rings (SSSR count). The summed E-state index contributed by atoms with van der Waals surface area (Å²) in [6, 6.07) is 0. The quantitative estimate of drug-likeness (QED) is 0.525. The first-order valence-corrected chi connectivity index (χ1v) is 4.76. The summed E-state index contributed by atoms with van der Waals surface area (Å²) in [6.45, 7) is 8.40. The topological polar surface area (TPSA) is 52.6 Å². The van der Waals surface area contributed by atoms with Crippen molar-refractivity contribution in [3.05, 3.63) is 23.7 Å². The van der Waals surface area contributed by atoms with E-state index in [9.17, 15) is 9.59 Å². The minimum absolute atomic E-state index is 0.00912. The Kier molecular flexibility index (Phi) is 3.29. The van der Waals surface area contributed by atoms with Gasteiger partial charge >= 0.3 is 5.97 Å². The van der Waals surface area contributed by atoms with E-state index in [1.807, 2.05) is 6.92 Å². The number of esters is 1. The Balaban J connectivity index is 2.78. The van der Waals surface area contributed by atoms with Crippen molar-refractivity contribution in [3.8, 4) is 0 Å². The molecule has 1 aliphatic rings. The van der Waals surface area contributed by atoms with Crippen molar-refractivity contribution in [2.24, 2.45) is 0 Å². The molecule has 1 unspecified atom stereocenters. The number of rotatable bonds is 3. The Bertz CT molecular complexity index is 352. The number of carbonyl (C=O) groups is 2. The number of hydrogen-bond donors (Lipinski definition) is 0. The van der Waals surface area contributed by atoms with Gasteiger partial charge in [0.15, 0.2) is 6.10 Å². The van der Waals surface area contributed by atoms with Gasteiger partial charge in [-0.25, -0.2) is 4.79 Å². The molecule has 0 spiro atoms. The van der Waals surface area contributed by atoms with Crippen LogP contribution in [0, 0.1) is 0 Å². The smallest absolute Gasteiger partial charge is 0.338 e. The maximum Gasteiger partial charge on any atom is 0.338 e. The van der Waals surface area contributed by atoms with E-state index < -0.39 is 12.1 Å². The van der Waals surface area contributed by atoms with Crippen LogP contribution in [0.2, 0.25) is 0 Å². The molecule has 82 valence electrons. The van der Waals surface area contributed by atoms with Crippen LogP contribution in [0.4, 0.5) is 0 Å². The second-order valence-corrected chi connectivity index (χ2v) is 3.43. The monoisotopic (exact) mass is 210 g/mol. The lowest BCUT2D eigenvalue weighted by Gasteiger charge is -2.04. The first-order chi connectivity index (χ1) is 6.97. The number of ketones is 1. The lowest BCUT2D eigenvalue weighted by Crippen LogP contribution is -2.19. The fraction of sp³-hybridized carbons (Fsp3) is 0.455. The summed E-state index contributed by atoms with van der Waals surface area (Å²) in [4.78, 5) is 22.8. The second-order valence-electron chi connectivity index (χ2n) is 3.43. The molecule has 0 aliphatic carbocycles. The Morgan fingerprint density at radius 1 is 1.60 bits per heavy atom. The van der Waals surface area contributed by atoms with E-state index in [0.29, 0.717) is 12.2 Å². The average molecular weight is 210 g/mol. The summed E-state index contributed by atoms with van der Waals surface area (Å²) in [7, 11) is 0. The number of hydrogen-bond acceptors (Lipinski definition) is 4. The molecule has 0 aromatic carbocycles. The normalized spacial score (nSPS) is 20.2. The van der Waals surface area contributed by atoms with E-state index >= 15 is 0 Å². The molecule has 0 N–H and O–H groups in total. The van der Waals surface area contributed by atoms with E-state index in [2.05, 4.69) is 6.58 Å². The lowest BCUT2D eigenvalue weighted by molar-refractivity contribution is -0.138. The van der Waals surface area contributed by atoms with Crippen molar-refractivity contribution in [2.45, 2.75) is 33.3 Å². The molecule has 0 aromatic rings. The number of Topliss-reactive ketones (excluding diaryl/α,β-unsaturated/α-hetero) is 1. The van der Waals surface area contributed by atoms with Gasteiger partial charge in [0.25, 0.3) is 0 Å². The Morgan fingerprint density at radius 3 is 2.60 bits per heavy atom. The van der Waals surface area contributed by atoms with Crippen molar-refractivity contribution >= 4 is 11.8 Å². The molecule has 0 saturated carbocycles. The van der Waals surface area contributed by atoms with Crippen molar-refractivity contribution in [2.75, 3.05) is 0 Å². The first kappa shape index (κ1) is 11.5. The van der Waals surface area contributed by atoms with Gasteiger partial charge < -0.3 is 9.47 Å². The van der Waals surface area contributed by atoms with Crippen LogP contribution >= 0.6 is 0 Å². The minimum atomic E-state index is -0.599. The van der Waals surface area contributed by atoms with Crippen LogP contribution in [0.3, 0.4) is 0 Å². The zero-order chi connectivity index (χ0) is 11.6. The molecular weight excluding hydrogens is 196 g/mol. The highest BCUT2D eigenvalue weighted by Gasteiger charge is 2.34. The summed E-state index contributed by atoms with van der Waals surface area (Å²) in [5, 5.41) is 0. The molecule has 0 aromatic heterocycles. The third-order valence-corrected chi connectivity index (χ3v) is 2.07. The fourth-order valence-corrected chi connectivity index (χ4v) is 1.21. The summed E-state index contributed by atoms with van der Waals surface area (Å²) in [6.07, 6.45) is 0.0440. The second kappa shape index (κ2) is 4.29. The van der Waals surface area contributed by atoms with Crippen molar-refractivity contribution in [3.63, 3.8) is 0 Å². The Morgan fingerprint density at radius 2 is 2.20 bits per heavy atom. The predicted molar refractivity (Wildman–Crippen MR) is 53.8 cm³/mol. The van der Waals surface area contributed by atoms with Crippen LogP contribution in [0.15, 0.2) is 23.7 Å². The van der Waals surface area contributed by atoms with Crippen molar-refractivity contribution in [1.82, 2.24) is 0 Å². The lowest BCUT2D eigenvalue weighted by atomic mass is 10.2. The third kappa shape index (κ3) is 2.26. The molecule has 0 saturated heterocycles. The zero-order valence-electron chi connectivity index (χ0n) is 9.12. The molecule has 4 nitrogen and oxygen atoms in total. The summed E-state index contributed by atoms with van der Waals surface area (Å²) >= 11 is 0. The van der Waals surface area contributed by atoms with E-state index in [4.69, 9.17) is 9.47 Å². The molecule has 1 heterocycles. The van der Waals surface area contributed by atoms with Crippen LogP contribution in [0.25, 0.3) is 0 Å². The van der Waals surface area contributed by atoms with Gasteiger partial charge in [-0.15, -0.1) is 0 Å². The van der Waals surface area contributed by atoms with Gasteiger partial charge in [0.1, 0.15) is 5.76 Å². The molecule has 4 heteroatoms. The third-order valence-electron chi connectivity index (χ3n) is 2.07. The van der Waals surface area contributed by atoms with Gasteiger partial charge in [-0.2, -0.15) is 0 Å². The molecule has 1 aliphatic heterocycles. The van der Waals surface area contributed by atoms with Crippen molar-refractivity contribution < 1.29 is 19.1 Å². The largest absolute Gasteiger partial charge is 0.483 e. The first-order valence-electron chi connectivity index (χ1n) is 4.76. The summed E-state index contributed by atoms with van der Waals surface area (Å²) in [5.74, 6) is -0.501. The van der Waals surface area contributed by atoms with Crippen molar-refractivity contribution in [1.29, 1.82) is 0 Å². The maximum atomic E-state index is 11.6. The van der Waals surface area contributed by atoms with Crippen LogP contribution in [0.5, 0.6) is 0 Å². The maximum absolute atomic E-state index is 11.6. The van der Waals surface area contributed by atoms with Crippen LogP contribution in [0.1, 0.15) is 27.2 Å². The SMILES string of the molecule is C=C(C)C(=O)OC1=C(C)OC(CC)C1=O. The molecule has 0 radical (unpaired) electrons. The van der Waals surface area contributed by atoms with Gasteiger partial charge in [-0.3, -0.25) is 4.79 Å². The predicted octanol–water partition coefficient (Wildman–Crippen LogP) is 1.72. The van der Waals surface area contributed by atoms with Crippen LogP contribution in [-0.2, 0) is 19.1 Å². The van der Waals surface area contributed by atoms with Crippen LogP contribution in [-0.4, -0.2) is 17.9 Å². The summed E-state index contributed by atoms with van der Waals surface area (Å²) < 4.78 is 10.1. The van der Waals surface area contributed by atoms with Gasteiger partial charge in [-0.1, -0.05) is 13.5 Å². The number of allylic oxidation sites excluding steroid dienone is 1. The van der Waals surface area contributed by atoms with Gasteiger partial charge in [0.2, 0.25) is 11.5 Å². The molecule has 1 atom stereocenters. The highest BCUT2D eigenvalue weighted by molar-refractivity contribution is 6.02. The highest BCUT2D eigenvalue weighted by Crippen LogP contribution is 2.24. The standard InChI is InChI=1S/C11H14O4/c1-5-8-9(12)10(7(4)14-8)15-11(13)6(2)3/h8H,2,5H2,1,3-4H3. The number of carbonyl (C=O) groups excluding carboxylic acids is 2. The van der Waals surface area contributed by atoms with E-state index in [1.165, 1.54) is 6.92 Å². The van der Waals surface area contributed by atoms with E-state index in [-0.39, 0.29) is 17.1 Å². The molecular formula is C11H14O4. The van der Waals surface area contributed by atoms with Gasteiger partial charge in [0.05, 0.1) is 0 Å². The van der Waals surface area contributed by atoms with E-state index in [1.54, 1.807) is 6.92 Å². The van der Waals surface area contributed by atoms with Crippen LogP contribution < -0.4 is 0 Å². The van der Waals surface area contributed by atoms with Gasteiger partial charge in [0, 0.05) is 5.57 Å². The molecule has 15 heavy (non-hydrogen) atoms. The molecule has 0 fully saturated rings. The van der Waals surface area contributed by atoms with Gasteiger partial charge in [-0.05, 0) is 20.3 Å². The van der Waals surface area contributed by atoms with E-state index in [0.717, 1.165) is 0 Å².